The highest BCUT2D eigenvalue weighted by molar-refractivity contribution is 7.92. The second-order valence-corrected chi connectivity index (χ2v) is 28.2. The normalized spacial score (nSPS) is 31.4. The summed E-state index contributed by atoms with van der Waals surface area (Å²) in [6.45, 7) is 33.4. The van der Waals surface area contributed by atoms with Gasteiger partial charge in [0.1, 0.15) is 5.41 Å². The molecule has 5 aliphatic heterocycles. The van der Waals surface area contributed by atoms with Crippen molar-refractivity contribution < 1.29 is 39.0 Å². The van der Waals surface area contributed by atoms with Crippen molar-refractivity contribution in [1.82, 2.24) is 15.4 Å². The Hall–Kier alpha value is -0.710. The van der Waals surface area contributed by atoms with E-state index < -0.39 is 59.7 Å². The zero-order valence-corrected chi connectivity index (χ0v) is 43.1. The smallest absolute Gasteiger partial charge is 0.379 e. The van der Waals surface area contributed by atoms with Crippen molar-refractivity contribution in [2.45, 2.75) is 156 Å². The topological polar surface area (TPSA) is 136 Å². The lowest BCUT2D eigenvalue weighted by molar-refractivity contribution is -0.318. The Balaban J connectivity index is 0.000000718. The molecule has 7 rings (SSSR count). The molecule has 62 heavy (non-hydrogen) atoms. The van der Waals surface area contributed by atoms with Gasteiger partial charge in [0.25, 0.3) is 0 Å². The van der Waals surface area contributed by atoms with Crippen LogP contribution in [0, 0.1) is 62.6 Å². The summed E-state index contributed by atoms with van der Waals surface area (Å²) in [6, 6.07) is 0. The zero-order valence-electron chi connectivity index (χ0n) is 39.8. The first-order valence-corrected chi connectivity index (χ1v) is 28.2. The van der Waals surface area contributed by atoms with Gasteiger partial charge in [-0.05, 0) is 70.0 Å². The van der Waals surface area contributed by atoms with Crippen LogP contribution in [0.25, 0.3) is 0 Å². The van der Waals surface area contributed by atoms with Crippen LogP contribution in [0.3, 0.4) is 0 Å². The van der Waals surface area contributed by atoms with E-state index in [1.165, 1.54) is 19.3 Å². The molecule has 0 amide bonds. The van der Waals surface area contributed by atoms with Gasteiger partial charge in [-0.15, -0.1) is 0 Å². The molecule has 6 fully saturated rings. The van der Waals surface area contributed by atoms with Gasteiger partial charge < -0.3 is 4.74 Å². The van der Waals surface area contributed by atoms with E-state index in [9.17, 15) is 34.2 Å². The van der Waals surface area contributed by atoms with Crippen LogP contribution >= 0.6 is 0 Å². The van der Waals surface area contributed by atoms with E-state index in [0.717, 1.165) is 40.2 Å². The highest BCUT2D eigenvalue weighted by Crippen LogP contribution is 2.50. The van der Waals surface area contributed by atoms with Crippen LogP contribution in [0.15, 0.2) is 6.20 Å². The summed E-state index contributed by atoms with van der Waals surface area (Å²) >= 11 is 0. The van der Waals surface area contributed by atoms with Gasteiger partial charge in [0, 0.05) is 72.3 Å². The van der Waals surface area contributed by atoms with Gasteiger partial charge in [-0.3, -0.25) is 12.6 Å². The lowest BCUT2D eigenvalue weighted by Gasteiger charge is -2.45. The second kappa shape index (κ2) is 23.3. The molecule has 0 atom stereocenters. The molecule has 0 spiro atoms. The fraction of sp³-hybridized carbons (Fsp3) is 0.957. The van der Waals surface area contributed by atoms with Gasteiger partial charge in [0.2, 0.25) is 0 Å². The van der Waals surface area contributed by atoms with Crippen LogP contribution in [0.2, 0.25) is 0 Å². The molecular formula is C46H90F3N3O6S4. The quantitative estimate of drug-likeness (QED) is 0.285. The Morgan fingerprint density at radius 1 is 0.613 bits per heavy atom. The number of aromatic amines is 1. The molecule has 6 heterocycles. The molecule has 0 aromatic carbocycles. The fourth-order valence-electron chi connectivity index (χ4n) is 7.65. The molecule has 1 N–H and O–H groups in total. The average molecular weight is 967 g/mol. The first kappa shape index (κ1) is 61.3. The van der Waals surface area contributed by atoms with Crippen LogP contribution < -0.4 is 0 Å². The molecule has 1 saturated carbocycles. The molecule has 370 valence electrons. The Labute approximate surface area is 384 Å². The number of sulfone groups is 1. The van der Waals surface area contributed by atoms with E-state index in [2.05, 4.69) is 110 Å². The largest absolute Gasteiger partial charge is 0.399 e. The SMILES string of the molecule is C.C.CC(C)C1(C(F)(F)F)COC1.CC(C)C1(C)CS(=O)(=O)C1.CC(C)C1(C)CS(=O)C1.CC(C)C1(C)CS(=O)C1.CC(C)C1(C)CS(=O)C1.CC(C)C1(c2cn[nH]n2)CCC1. The number of ether oxygens (including phenoxy) is 1. The van der Waals surface area contributed by atoms with Crippen molar-refractivity contribution in [2.75, 3.05) is 59.2 Å². The summed E-state index contributed by atoms with van der Waals surface area (Å²) in [5.74, 6) is 9.14. The maximum Gasteiger partial charge on any atom is 0.399 e. The average Bonchev–Trinajstić information content (AvgIpc) is 3.52. The maximum atomic E-state index is 12.3. The number of hydrogen-bond acceptors (Lipinski definition) is 8. The Morgan fingerprint density at radius 3 is 1.05 bits per heavy atom. The summed E-state index contributed by atoms with van der Waals surface area (Å²) in [7, 11) is -4.08. The van der Waals surface area contributed by atoms with Crippen molar-refractivity contribution in [3.8, 4) is 0 Å². The molecule has 5 saturated heterocycles. The van der Waals surface area contributed by atoms with Crippen molar-refractivity contribution >= 4 is 42.2 Å². The van der Waals surface area contributed by atoms with Crippen molar-refractivity contribution in [3.05, 3.63) is 11.9 Å². The third-order valence-electron chi connectivity index (χ3n) is 15.3. The first-order chi connectivity index (χ1) is 27.1. The van der Waals surface area contributed by atoms with Crippen LogP contribution in [0.4, 0.5) is 13.2 Å². The van der Waals surface area contributed by atoms with Gasteiger partial charge in [0.15, 0.2) is 9.84 Å². The molecule has 6 aliphatic rings. The Morgan fingerprint density at radius 2 is 0.952 bits per heavy atom. The highest BCUT2D eigenvalue weighted by atomic mass is 32.2. The van der Waals surface area contributed by atoms with Gasteiger partial charge in [0.05, 0.1) is 36.6 Å². The van der Waals surface area contributed by atoms with Crippen molar-refractivity contribution in [3.63, 3.8) is 0 Å². The molecule has 16 heteroatoms. The van der Waals surface area contributed by atoms with Crippen molar-refractivity contribution in [1.29, 1.82) is 0 Å². The second-order valence-electron chi connectivity index (χ2n) is 21.8. The molecule has 0 radical (unpaired) electrons. The minimum atomic E-state index is -4.11. The molecule has 0 bridgehead atoms. The number of nitrogens with one attached hydrogen (secondary N) is 1. The maximum absolute atomic E-state index is 12.3. The highest BCUT2D eigenvalue weighted by Gasteiger charge is 2.61. The third kappa shape index (κ3) is 15.2. The predicted molar refractivity (Wildman–Crippen MR) is 258 cm³/mol. The fourth-order valence-corrected chi connectivity index (χ4v) is 16.4. The predicted octanol–water partition coefficient (Wildman–Crippen LogP) is 10.7. The van der Waals surface area contributed by atoms with Crippen LogP contribution in [0.5, 0.6) is 0 Å². The standard InChI is InChI=1S/C9H15N3.C7H11F3O.C7H14O2S.3C7H14OS.2CH4/c1-7(2)9(4-3-5-9)8-6-10-12-11-8;1-5(2)6(3-11-4-6)7(8,9)10;1-6(2)7(3)4-10(8,9)5-7;3*1-6(2)7(3)4-9(8)5-7;;/h6-7H,3-5H2,1-2H3,(H,10,11,12);5H,3-4H2,1-2H3;6H,4-5H2,1-3H3;3*6H,4-5H2,1-3H3;2*1H4. The van der Waals surface area contributed by atoms with Crippen LogP contribution in [0.1, 0.15) is 151 Å². The monoisotopic (exact) mass is 966 g/mol. The number of nitrogens with zero attached hydrogens (tertiary/aromatic N) is 2. The molecule has 0 unspecified atom stereocenters. The minimum absolute atomic E-state index is 0. The van der Waals surface area contributed by atoms with Crippen LogP contribution in [-0.4, -0.2) is 102 Å². The number of aromatic nitrogens is 3. The lowest BCUT2D eigenvalue weighted by atomic mass is 9.60. The van der Waals surface area contributed by atoms with Crippen LogP contribution in [-0.2, 0) is 52.4 Å². The van der Waals surface area contributed by atoms with E-state index >= 15 is 0 Å². The molecule has 1 aromatic heterocycles. The number of hydrogen-bond donors (Lipinski definition) is 1. The van der Waals surface area contributed by atoms with E-state index in [-0.39, 0.29) is 33.5 Å². The van der Waals surface area contributed by atoms with E-state index in [4.69, 9.17) is 0 Å². The molecule has 9 nitrogen and oxygen atoms in total. The molecule has 1 aliphatic carbocycles. The first-order valence-electron chi connectivity index (χ1n) is 21.9. The lowest BCUT2D eigenvalue weighted by Crippen LogP contribution is -2.56. The van der Waals surface area contributed by atoms with E-state index in [1.807, 2.05) is 13.1 Å². The van der Waals surface area contributed by atoms with Crippen molar-refractivity contribution in [2.24, 2.45) is 62.6 Å². The third-order valence-corrected chi connectivity index (χ3v) is 23.4. The minimum Gasteiger partial charge on any atom is -0.379 e. The number of halogens is 3. The van der Waals surface area contributed by atoms with Gasteiger partial charge in [-0.1, -0.05) is 132 Å². The summed E-state index contributed by atoms with van der Waals surface area (Å²) < 4.78 is 95.4. The number of rotatable bonds is 7. The molecule has 1 aromatic rings. The van der Waals surface area contributed by atoms with Gasteiger partial charge in [-0.25, -0.2) is 8.42 Å². The Bertz CT molecular complexity index is 1570. The van der Waals surface area contributed by atoms with E-state index in [0.29, 0.717) is 62.8 Å². The summed E-state index contributed by atoms with van der Waals surface area (Å²) in [5.41, 5.74) is 1.18. The number of H-pyrrole nitrogens is 1. The summed E-state index contributed by atoms with van der Waals surface area (Å²) in [6.07, 6.45) is 1.65. The molecular weight excluding hydrogens is 876 g/mol. The zero-order chi connectivity index (χ0) is 46.5. The summed E-state index contributed by atoms with van der Waals surface area (Å²) in [5, 5.41) is 10.8. The number of alkyl halides is 3. The van der Waals surface area contributed by atoms with Gasteiger partial charge >= 0.3 is 6.18 Å². The Kier molecular flexibility index (Phi) is 23.1. The summed E-state index contributed by atoms with van der Waals surface area (Å²) in [4.78, 5) is 0. The van der Waals surface area contributed by atoms with Gasteiger partial charge in [-0.2, -0.15) is 28.6 Å². The van der Waals surface area contributed by atoms with E-state index in [1.54, 1.807) is 13.8 Å².